The lowest BCUT2D eigenvalue weighted by molar-refractivity contribution is 0.673. The second-order valence-corrected chi connectivity index (χ2v) is 9.54. The van der Waals surface area contributed by atoms with Crippen molar-refractivity contribution < 1.29 is 0 Å². The Bertz CT molecular complexity index is 1270. The van der Waals surface area contributed by atoms with E-state index in [-0.39, 0.29) is 10.8 Å². The molecular formula is C31H22Cl2. The fourth-order valence-corrected chi connectivity index (χ4v) is 6.39. The maximum Gasteiger partial charge on any atom is 0.0819 e. The average molecular weight is 465 g/mol. The van der Waals surface area contributed by atoms with Crippen LogP contribution < -0.4 is 0 Å². The van der Waals surface area contributed by atoms with E-state index in [1.54, 1.807) is 0 Å². The number of fused-ring (bicyclic) bond motifs is 2. The zero-order chi connectivity index (χ0) is 22.4. The van der Waals surface area contributed by atoms with E-state index in [4.69, 9.17) is 23.2 Å². The van der Waals surface area contributed by atoms with E-state index in [1.807, 2.05) is 0 Å². The molecule has 0 heterocycles. The van der Waals surface area contributed by atoms with Crippen LogP contribution in [0.5, 0.6) is 0 Å². The van der Waals surface area contributed by atoms with Gasteiger partial charge in [-0.15, -0.1) is 23.2 Å². The summed E-state index contributed by atoms with van der Waals surface area (Å²) >= 11 is 14.6. The molecule has 2 heteroatoms. The third-order valence-corrected chi connectivity index (χ3v) is 7.93. The van der Waals surface area contributed by atoms with Crippen molar-refractivity contribution in [1.29, 1.82) is 0 Å². The molecule has 2 atom stereocenters. The third-order valence-electron chi connectivity index (χ3n) is 6.99. The van der Waals surface area contributed by atoms with Crippen LogP contribution in [-0.2, 0) is 5.41 Å². The van der Waals surface area contributed by atoms with Gasteiger partial charge in [-0.1, -0.05) is 121 Å². The first-order valence-electron chi connectivity index (χ1n) is 11.2. The molecule has 2 aliphatic carbocycles. The lowest BCUT2D eigenvalue weighted by Gasteiger charge is -2.41. The molecule has 160 valence electrons. The van der Waals surface area contributed by atoms with E-state index < -0.39 is 5.41 Å². The molecule has 6 rings (SSSR count). The summed E-state index contributed by atoms with van der Waals surface area (Å²) in [5, 5.41) is -0.509. The van der Waals surface area contributed by atoms with Crippen LogP contribution in [0.3, 0.4) is 0 Å². The van der Waals surface area contributed by atoms with E-state index in [0.717, 1.165) is 22.3 Å². The van der Waals surface area contributed by atoms with Gasteiger partial charge in [-0.25, -0.2) is 0 Å². The summed E-state index contributed by atoms with van der Waals surface area (Å²) < 4.78 is 0. The van der Waals surface area contributed by atoms with E-state index in [9.17, 15) is 0 Å². The van der Waals surface area contributed by atoms with Gasteiger partial charge in [-0.05, 0) is 44.5 Å². The fraction of sp³-hybridized carbons (Fsp3) is 0.0968. The highest BCUT2D eigenvalue weighted by atomic mass is 35.5. The Kier molecular flexibility index (Phi) is 5.02. The van der Waals surface area contributed by atoms with Crippen molar-refractivity contribution in [3.05, 3.63) is 154 Å². The van der Waals surface area contributed by atoms with Crippen LogP contribution in [0, 0.1) is 0 Å². The molecule has 2 aliphatic rings. The average Bonchev–Trinajstić information content (AvgIpc) is 3.39. The molecule has 4 aromatic rings. The molecule has 0 radical (unpaired) electrons. The van der Waals surface area contributed by atoms with Crippen molar-refractivity contribution >= 4 is 35.4 Å². The molecule has 0 spiro atoms. The Balaban J connectivity index is 1.70. The zero-order valence-electron chi connectivity index (χ0n) is 18.0. The molecule has 0 aliphatic heterocycles. The maximum atomic E-state index is 7.29. The summed E-state index contributed by atoms with van der Waals surface area (Å²) in [5.74, 6) is 0. The topological polar surface area (TPSA) is 0 Å². The summed E-state index contributed by atoms with van der Waals surface area (Å²) in [5.41, 5.74) is 8.67. The Morgan fingerprint density at radius 3 is 1.21 bits per heavy atom. The molecular weight excluding hydrogens is 443 g/mol. The highest BCUT2D eigenvalue weighted by Crippen LogP contribution is 2.60. The largest absolute Gasteiger partial charge is 0.113 e. The fourth-order valence-electron chi connectivity index (χ4n) is 5.54. The quantitative estimate of drug-likeness (QED) is 0.264. The van der Waals surface area contributed by atoms with Gasteiger partial charge < -0.3 is 0 Å². The molecule has 0 nitrogen and oxygen atoms in total. The minimum atomic E-state index is -0.598. The van der Waals surface area contributed by atoms with Crippen LogP contribution in [0.15, 0.2) is 120 Å². The van der Waals surface area contributed by atoms with Crippen molar-refractivity contribution in [3.8, 4) is 0 Å². The normalized spacial score (nSPS) is 19.0. The minimum Gasteiger partial charge on any atom is -0.113 e. The van der Waals surface area contributed by atoms with Gasteiger partial charge in [0.25, 0.3) is 0 Å². The molecule has 33 heavy (non-hydrogen) atoms. The molecule has 0 N–H and O–H groups in total. The Morgan fingerprint density at radius 2 is 0.818 bits per heavy atom. The number of benzene rings is 4. The Hall–Kier alpha value is -3.06. The summed E-state index contributed by atoms with van der Waals surface area (Å²) in [6.07, 6.45) is 4.56. The van der Waals surface area contributed by atoms with Crippen LogP contribution in [-0.4, -0.2) is 0 Å². The highest BCUT2D eigenvalue weighted by molar-refractivity contribution is 6.26. The van der Waals surface area contributed by atoms with Crippen molar-refractivity contribution in [2.45, 2.75) is 16.2 Å². The van der Waals surface area contributed by atoms with Gasteiger partial charge in [0.05, 0.1) is 16.2 Å². The zero-order valence-corrected chi connectivity index (χ0v) is 19.5. The second kappa shape index (κ2) is 8.06. The summed E-state index contributed by atoms with van der Waals surface area (Å²) in [7, 11) is 0. The molecule has 0 saturated heterocycles. The van der Waals surface area contributed by atoms with Gasteiger partial charge in [-0.3, -0.25) is 0 Å². The van der Waals surface area contributed by atoms with E-state index in [0.29, 0.717) is 0 Å². The van der Waals surface area contributed by atoms with E-state index in [1.165, 1.54) is 22.3 Å². The van der Waals surface area contributed by atoms with Crippen LogP contribution in [0.1, 0.15) is 44.1 Å². The molecule has 0 bridgehead atoms. The van der Waals surface area contributed by atoms with Crippen molar-refractivity contribution in [1.82, 2.24) is 0 Å². The number of hydrogen-bond acceptors (Lipinski definition) is 0. The van der Waals surface area contributed by atoms with E-state index >= 15 is 0 Å². The van der Waals surface area contributed by atoms with Gasteiger partial charge in [-0.2, -0.15) is 0 Å². The van der Waals surface area contributed by atoms with Crippen molar-refractivity contribution in [2.75, 3.05) is 0 Å². The number of rotatable bonds is 4. The minimum absolute atomic E-state index is 0.255. The first-order chi connectivity index (χ1) is 16.2. The predicted molar refractivity (Wildman–Crippen MR) is 140 cm³/mol. The van der Waals surface area contributed by atoms with Crippen molar-refractivity contribution in [2.24, 2.45) is 0 Å². The molecule has 0 aromatic heterocycles. The van der Waals surface area contributed by atoms with Crippen molar-refractivity contribution in [3.63, 3.8) is 0 Å². The number of alkyl halides is 2. The number of allylic oxidation sites excluding steroid dienone is 2. The highest BCUT2D eigenvalue weighted by Gasteiger charge is 2.49. The van der Waals surface area contributed by atoms with Gasteiger partial charge in [0.2, 0.25) is 0 Å². The predicted octanol–water partition coefficient (Wildman–Crippen LogP) is 8.73. The van der Waals surface area contributed by atoms with Gasteiger partial charge >= 0.3 is 0 Å². The van der Waals surface area contributed by atoms with Crippen LogP contribution in [0.4, 0.5) is 0 Å². The van der Waals surface area contributed by atoms with E-state index in [2.05, 4.69) is 121 Å². The van der Waals surface area contributed by atoms with Gasteiger partial charge in [0.1, 0.15) is 0 Å². The molecule has 2 unspecified atom stereocenters. The Labute approximate surface area is 204 Å². The lowest BCUT2D eigenvalue weighted by atomic mass is 9.63. The third kappa shape index (κ3) is 3.05. The summed E-state index contributed by atoms with van der Waals surface area (Å²) in [6, 6.07) is 38.2. The summed E-state index contributed by atoms with van der Waals surface area (Å²) in [6.45, 7) is 0. The molecule has 0 fully saturated rings. The standard InChI is InChI=1S/C31H22Cl2/c32-29-25-17-9-7-11-21(25)19-27(29)31(23-13-3-1-4-14-23,24-15-5-2-6-16-24)28-20-22-12-8-10-18-26(22)30(28)33/h1-20,29-30H. The SMILES string of the molecule is ClC1C(C(C2=Cc3ccccc3C2Cl)(c2ccccc2)c2ccccc2)=Cc2ccccc21. The first kappa shape index (κ1) is 20.5. The summed E-state index contributed by atoms with van der Waals surface area (Å²) in [4.78, 5) is 0. The Morgan fingerprint density at radius 1 is 0.455 bits per heavy atom. The lowest BCUT2D eigenvalue weighted by Crippen LogP contribution is -2.34. The van der Waals surface area contributed by atoms with Crippen LogP contribution >= 0.6 is 23.2 Å². The first-order valence-corrected chi connectivity index (χ1v) is 12.1. The molecule has 0 saturated carbocycles. The molecule has 4 aromatic carbocycles. The second-order valence-electron chi connectivity index (χ2n) is 8.66. The molecule has 0 amide bonds. The van der Waals surface area contributed by atoms with Crippen LogP contribution in [0.25, 0.3) is 12.2 Å². The number of hydrogen-bond donors (Lipinski definition) is 0. The smallest absolute Gasteiger partial charge is 0.0819 e. The van der Waals surface area contributed by atoms with Gasteiger partial charge in [0.15, 0.2) is 0 Å². The maximum absolute atomic E-state index is 7.29. The monoisotopic (exact) mass is 464 g/mol. The van der Waals surface area contributed by atoms with Gasteiger partial charge in [0, 0.05) is 0 Å². The number of halogens is 2. The van der Waals surface area contributed by atoms with Crippen LogP contribution in [0.2, 0.25) is 0 Å².